The third-order valence-corrected chi connectivity index (χ3v) is 2.54. The summed E-state index contributed by atoms with van der Waals surface area (Å²) in [6, 6.07) is 8.57. The first-order valence-electron chi connectivity index (χ1n) is 5.85. The van der Waals surface area contributed by atoms with Gasteiger partial charge in [0.2, 0.25) is 5.91 Å². The first-order chi connectivity index (χ1) is 7.49. The standard InChI is InChI=1S/C14H21NO/c1-10(2)9-13-5-7-14(8-6-13)11(3)15-12(4)16/h5-8,10-11H,9H2,1-4H3,(H,15,16). The number of carbonyl (C=O) groups excluding carboxylic acids is 1. The maximum atomic E-state index is 10.9. The van der Waals surface area contributed by atoms with Crippen LogP contribution in [0.15, 0.2) is 24.3 Å². The fourth-order valence-corrected chi connectivity index (χ4v) is 1.80. The topological polar surface area (TPSA) is 29.1 Å². The molecule has 1 N–H and O–H groups in total. The zero-order valence-electron chi connectivity index (χ0n) is 10.6. The van der Waals surface area contributed by atoms with Gasteiger partial charge in [-0.2, -0.15) is 0 Å². The smallest absolute Gasteiger partial charge is 0.217 e. The molecule has 1 aromatic carbocycles. The third kappa shape index (κ3) is 4.05. The van der Waals surface area contributed by atoms with Crippen LogP contribution < -0.4 is 5.32 Å². The summed E-state index contributed by atoms with van der Waals surface area (Å²) < 4.78 is 0. The number of hydrogen-bond acceptors (Lipinski definition) is 1. The van der Waals surface area contributed by atoms with Crippen LogP contribution in [0.4, 0.5) is 0 Å². The van der Waals surface area contributed by atoms with Crippen molar-refractivity contribution in [2.75, 3.05) is 0 Å². The Morgan fingerprint density at radius 1 is 1.19 bits per heavy atom. The molecule has 0 fully saturated rings. The minimum Gasteiger partial charge on any atom is -0.350 e. The van der Waals surface area contributed by atoms with E-state index >= 15 is 0 Å². The van der Waals surface area contributed by atoms with Crippen LogP contribution in [0.5, 0.6) is 0 Å². The Labute approximate surface area is 98.1 Å². The molecule has 0 aliphatic carbocycles. The Bertz CT molecular complexity index is 340. The molecule has 1 atom stereocenters. The minimum atomic E-state index is 0.0127. The summed E-state index contributed by atoms with van der Waals surface area (Å²) in [5.74, 6) is 0.692. The van der Waals surface area contributed by atoms with Crippen molar-refractivity contribution in [3.63, 3.8) is 0 Å². The van der Waals surface area contributed by atoms with Gasteiger partial charge < -0.3 is 5.32 Å². The summed E-state index contributed by atoms with van der Waals surface area (Å²) in [6.07, 6.45) is 1.11. The van der Waals surface area contributed by atoms with Gasteiger partial charge in [0.25, 0.3) is 0 Å². The second-order valence-electron chi connectivity index (χ2n) is 4.76. The van der Waals surface area contributed by atoms with Crippen molar-refractivity contribution in [1.29, 1.82) is 0 Å². The Morgan fingerprint density at radius 3 is 2.19 bits per heavy atom. The number of hydrogen-bond donors (Lipinski definition) is 1. The Balaban J connectivity index is 2.66. The summed E-state index contributed by atoms with van der Waals surface area (Å²) >= 11 is 0. The molecule has 88 valence electrons. The van der Waals surface area contributed by atoms with Gasteiger partial charge in [-0.25, -0.2) is 0 Å². The summed E-state index contributed by atoms with van der Waals surface area (Å²) in [7, 11) is 0. The van der Waals surface area contributed by atoms with Crippen LogP contribution >= 0.6 is 0 Å². The predicted molar refractivity (Wildman–Crippen MR) is 67.2 cm³/mol. The molecule has 1 aromatic rings. The van der Waals surface area contributed by atoms with E-state index in [1.807, 2.05) is 6.92 Å². The molecule has 0 aliphatic heterocycles. The first kappa shape index (κ1) is 12.8. The van der Waals surface area contributed by atoms with Crippen LogP contribution in [0.3, 0.4) is 0 Å². The van der Waals surface area contributed by atoms with Gasteiger partial charge in [0.15, 0.2) is 0 Å². The quantitative estimate of drug-likeness (QED) is 0.828. The van der Waals surface area contributed by atoms with Crippen LogP contribution in [0.25, 0.3) is 0 Å². The predicted octanol–water partition coefficient (Wildman–Crippen LogP) is 3.08. The highest BCUT2D eigenvalue weighted by molar-refractivity contribution is 5.73. The van der Waals surface area contributed by atoms with Gasteiger partial charge in [-0.1, -0.05) is 38.1 Å². The van der Waals surface area contributed by atoms with Gasteiger partial charge in [0.05, 0.1) is 6.04 Å². The van der Waals surface area contributed by atoms with Gasteiger partial charge in [-0.05, 0) is 30.4 Å². The molecule has 0 aromatic heterocycles. The lowest BCUT2D eigenvalue weighted by atomic mass is 10.00. The monoisotopic (exact) mass is 219 g/mol. The molecule has 1 unspecified atom stereocenters. The lowest BCUT2D eigenvalue weighted by Gasteiger charge is -2.13. The van der Waals surface area contributed by atoms with Crippen molar-refractivity contribution in [2.24, 2.45) is 5.92 Å². The van der Waals surface area contributed by atoms with E-state index in [9.17, 15) is 4.79 Å². The fourth-order valence-electron chi connectivity index (χ4n) is 1.80. The van der Waals surface area contributed by atoms with Crippen LogP contribution in [-0.4, -0.2) is 5.91 Å². The highest BCUT2D eigenvalue weighted by atomic mass is 16.1. The van der Waals surface area contributed by atoms with Crippen LogP contribution in [0.2, 0.25) is 0 Å². The number of rotatable bonds is 4. The average molecular weight is 219 g/mol. The Hall–Kier alpha value is -1.31. The van der Waals surface area contributed by atoms with Crippen LogP contribution in [-0.2, 0) is 11.2 Å². The molecular formula is C14H21NO. The van der Waals surface area contributed by atoms with Gasteiger partial charge >= 0.3 is 0 Å². The Morgan fingerprint density at radius 2 is 1.75 bits per heavy atom. The number of carbonyl (C=O) groups is 1. The number of benzene rings is 1. The molecule has 0 heterocycles. The maximum absolute atomic E-state index is 10.9. The highest BCUT2D eigenvalue weighted by Gasteiger charge is 2.06. The summed E-state index contributed by atoms with van der Waals surface area (Å²) in [6.45, 7) is 7.98. The van der Waals surface area contributed by atoms with Gasteiger partial charge in [0, 0.05) is 6.92 Å². The lowest BCUT2D eigenvalue weighted by Crippen LogP contribution is -2.23. The van der Waals surface area contributed by atoms with E-state index in [0.29, 0.717) is 5.92 Å². The van der Waals surface area contributed by atoms with Crippen molar-refractivity contribution in [2.45, 2.75) is 40.2 Å². The summed E-state index contributed by atoms with van der Waals surface area (Å²) in [5.41, 5.74) is 2.51. The molecule has 1 amide bonds. The van der Waals surface area contributed by atoms with E-state index in [-0.39, 0.29) is 11.9 Å². The van der Waals surface area contributed by atoms with E-state index in [4.69, 9.17) is 0 Å². The maximum Gasteiger partial charge on any atom is 0.217 e. The molecule has 16 heavy (non-hydrogen) atoms. The average Bonchev–Trinajstić information content (AvgIpc) is 2.16. The van der Waals surface area contributed by atoms with Crippen molar-refractivity contribution < 1.29 is 4.79 Å². The first-order valence-corrected chi connectivity index (χ1v) is 5.85. The van der Waals surface area contributed by atoms with Crippen molar-refractivity contribution in [3.05, 3.63) is 35.4 Å². The molecule has 0 saturated carbocycles. The largest absolute Gasteiger partial charge is 0.350 e. The summed E-state index contributed by atoms with van der Waals surface area (Å²) in [5, 5.41) is 2.88. The van der Waals surface area contributed by atoms with Crippen molar-refractivity contribution in [1.82, 2.24) is 5.32 Å². The van der Waals surface area contributed by atoms with Crippen LogP contribution in [0.1, 0.15) is 44.9 Å². The minimum absolute atomic E-state index is 0.0127. The second-order valence-corrected chi connectivity index (χ2v) is 4.76. The Kier molecular flexibility index (Phi) is 4.53. The zero-order valence-corrected chi connectivity index (χ0v) is 10.6. The van der Waals surface area contributed by atoms with E-state index < -0.39 is 0 Å². The van der Waals surface area contributed by atoms with Gasteiger partial charge in [-0.15, -0.1) is 0 Å². The van der Waals surface area contributed by atoms with E-state index in [1.54, 1.807) is 6.92 Å². The van der Waals surface area contributed by atoms with Crippen molar-refractivity contribution in [3.8, 4) is 0 Å². The fraction of sp³-hybridized carbons (Fsp3) is 0.500. The van der Waals surface area contributed by atoms with E-state index in [0.717, 1.165) is 12.0 Å². The molecule has 2 nitrogen and oxygen atoms in total. The van der Waals surface area contributed by atoms with E-state index in [2.05, 4.69) is 43.4 Å². The molecule has 0 saturated heterocycles. The number of nitrogens with one attached hydrogen (secondary N) is 1. The van der Waals surface area contributed by atoms with Gasteiger partial charge in [-0.3, -0.25) is 4.79 Å². The SMILES string of the molecule is CC(=O)NC(C)c1ccc(CC(C)C)cc1. The second kappa shape index (κ2) is 5.69. The van der Waals surface area contributed by atoms with Crippen molar-refractivity contribution >= 4 is 5.91 Å². The lowest BCUT2D eigenvalue weighted by molar-refractivity contribution is -0.119. The molecule has 0 bridgehead atoms. The molecule has 0 aliphatic rings. The molecule has 1 rings (SSSR count). The van der Waals surface area contributed by atoms with Crippen LogP contribution in [0, 0.1) is 5.92 Å². The third-order valence-electron chi connectivity index (χ3n) is 2.54. The normalized spacial score (nSPS) is 12.6. The summed E-state index contributed by atoms with van der Waals surface area (Å²) in [4.78, 5) is 10.9. The molecule has 0 radical (unpaired) electrons. The molecule has 0 spiro atoms. The zero-order chi connectivity index (χ0) is 12.1. The molecule has 2 heteroatoms. The highest BCUT2D eigenvalue weighted by Crippen LogP contribution is 2.15. The molecular weight excluding hydrogens is 198 g/mol. The number of amides is 1. The van der Waals surface area contributed by atoms with Gasteiger partial charge in [0.1, 0.15) is 0 Å². The van der Waals surface area contributed by atoms with E-state index in [1.165, 1.54) is 5.56 Å².